The summed E-state index contributed by atoms with van der Waals surface area (Å²) in [7, 11) is 0. The minimum absolute atomic E-state index is 0.0636. The van der Waals surface area contributed by atoms with E-state index in [0.717, 1.165) is 0 Å². The number of carbonyl (C=O) groups is 4. The van der Waals surface area contributed by atoms with Crippen LogP contribution in [0.5, 0.6) is 5.75 Å². The number of aliphatic hydroxyl groups is 1. The predicted octanol–water partition coefficient (Wildman–Crippen LogP) is 5.77. The van der Waals surface area contributed by atoms with Crippen molar-refractivity contribution >= 4 is 23.3 Å². The van der Waals surface area contributed by atoms with Gasteiger partial charge in [-0.15, -0.1) is 0 Å². The number of allylic oxidation sites excluding steroid dienone is 2. The lowest BCUT2D eigenvalue weighted by Crippen LogP contribution is -2.43. The van der Waals surface area contributed by atoms with E-state index in [9.17, 15) is 24.3 Å². The fourth-order valence-corrected chi connectivity index (χ4v) is 5.44. The first-order valence-electron chi connectivity index (χ1n) is 12.2. The zero-order valence-electron chi connectivity index (χ0n) is 21.2. The van der Waals surface area contributed by atoms with Crippen LogP contribution in [0.1, 0.15) is 75.2 Å². The lowest BCUT2D eigenvalue weighted by molar-refractivity contribution is -0.140. The third-order valence-electron chi connectivity index (χ3n) is 7.00. The van der Waals surface area contributed by atoms with Crippen LogP contribution in [0, 0.1) is 16.7 Å². The number of esters is 1. The summed E-state index contributed by atoms with van der Waals surface area (Å²) in [6, 6.07) is 15.1. The van der Waals surface area contributed by atoms with Gasteiger partial charge in [0.25, 0.3) is 0 Å². The van der Waals surface area contributed by atoms with Crippen molar-refractivity contribution in [1.82, 2.24) is 0 Å². The molecular formula is C30H32O6. The molecule has 1 atom stereocenters. The minimum Gasteiger partial charge on any atom is -0.512 e. The standard InChI is InChI=1S/C30H32O6/c1-29(2)14-21(31)26(22(32)15-29)25(27-23(33)16-30(3,4)17-24(27)34)18-10-12-20(13-11-18)36-28(35)19-8-6-5-7-9-19/h5-13,25-26,33H,14-17H2,1-4H3. The van der Waals surface area contributed by atoms with Crippen LogP contribution in [0.3, 0.4) is 0 Å². The average Bonchev–Trinajstić information content (AvgIpc) is 2.76. The fourth-order valence-electron chi connectivity index (χ4n) is 5.44. The fraction of sp³-hybridized carbons (Fsp3) is 0.400. The topological polar surface area (TPSA) is 97.7 Å². The summed E-state index contributed by atoms with van der Waals surface area (Å²) in [5.41, 5.74) is 0.253. The summed E-state index contributed by atoms with van der Waals surface area (Å²) in [5, 5.41) is 11.0. The van der Waals surface area contributed by atoms with Gasteiger partial charge < -0.3 is 9.84 Å². The molecule has 0 heterocycles. The quantitative estimate of drug-likeness (QED) is 0.326. The number of benzene rings is 2. The van der Waals surface area contributed by atoms with E-state index < -0.39 is 28.6 Å². The van der Waals surface area contributed by atoms with Gasteiger partial charge in [-0.3, -0.25) is 14.4 Å². The van der Waals surface area contributed by atoms with Crippen molar-refractivity contribution in [2.45, 2.75) is 59.3 Å². The van der Waals surface area contributed by atoms with Crippen LogP contribution in [0.25, 0.3) is 0 Å². The molecule has 4 rings (SSSR count). The van der Waals surface area contributed by atoms with E-state index in [1.807, 2.05) is 27.7 Å². The third-order valence-corrected chi connectivity index (χ3v) is 7.00. The van der Waals surface area contributed by atoms with Crippen molar-refractivity contribution in [3.05, 3.63) is 77.1 Å². The maximum absolute atomic E-state index is 13.3. The van der Waals surface area contributed by atoms with Crippen molar-refractivity contribution in [3.63, 3.8) is 0 Å². The summed E-state index contributed by atoms with van der Waals surface area (Å²) in [4.78, 5) is 52.3. The zero-order valence-corrected chi connectivity index (χ0v) is 21.2. The lowest BCUT2D eigenvalue weighted by Gasteiger charge is -2.39. The Kier molecular flexibility index (Phi) is 6.74. The maximum Gasteiger partial charge on any atom is 0.343 e. The first kappa shape index (κ1) is 25.5. The second-order valence-corrected chi connectivity index (χ2v) is 11.5. The third kappa shape index (κ3) is 5.32. The van der Waals surface area contributed by atoms with Crippen molar-refractivity contribution in [2.24, 2.45) is 16.7 Å². The average molecular weight is 489 g/mol. The van der Waals surface area contributed by atoms with E-state index in [1.165, 1.54) is 0 Å². The number of ether oxygens (including phenoxy) is 1. The smallest absolute Gasteiger partial charge is 0.343 e. The number of carbonyl (C=O) groups excluding carboxylic acids is 4. The van der Waals surface area contributed by atoms with Gasteiger partial charge in [0.05, 0.1) is 11.5 Å². The van der Waals surface area contributed by atoms with Crippen LogP contribution in [0.15, 0.2) is 65.9 Å². The Labute approximate surface area is 211 Å². The van der Waals surface area contributed by atoms with Crippen molar-refractivity contribution in [2.75, 3.05) is 0 Å². The molecule has 6 nitrogen and oxygen atoms in total. The van der Waals surface area contributed by atoms with Gasteiger partial charge in [-0.2, -0.15) is 0 Å². The summed E-state index contributed by atoms with van der Waals surface area (Å²) in [6.45, 7) is 7.58. The van der Waals surface area contributed by atoms with Gasteiger partial charge in [-0.05, 0) is 40.7 Å². The van der Waals surface area contributed by atoms with E-state index in [4.69, 9.17) is 4.74 Å². The molecule has 0 saturated heterocycles. The van der Waals surface area contributed by atoms with Crippen LogP contribution in [0.2, 0.25) is 0 Å². The second kappa shape index (κ2) is 9.49. The van der Waals surface area contributed by atoms with E-state index in [-0.39, 0.29) is 54.4 Å². The Morgan fingerprint density at radius 3 is 1.94 bits per heavy atom. The van der Waals surface area contributed by atoms with E-state index in [1.54, 1.807) is 54.6 Å². The highest BCUT2D eigenvalue weighted by molar-refractivity contribution is 6.09. The first-order valence-corrected chi connectivity index (χ1v) is 12.2. The monoisotopic (exact) mass is 488 g/mol. The molecule has 2 aliphatic carbocycles. The number of hydrogen-bond donors (Lipinski definition) is 1. The molecule has 1 unspecified atom stereocenters. The number of hydrogen-bond acceptors (Lipinski definition) is 6. The maximum atomic E-state index is 13.3. The molecule has 2 aromatic rings. The Balaban J connectivity index is 1.71. The summed E-state index contributed by atoms with van der Waals surface area (Å²) in [5.74, 6) is -2.91. The molecule has 6 heteroatoms. The van der Waals surface area contributed by atoms with Gasteiger partial charge in [0.2, 0.25) is 0 Å². The van der Waals surface area contributed by atoms with Crippen LogP contribution in [0.4, 0.5) is 0 Å². The Morgan fingerprint density at radius 1 is 0.833 bits per heavy atom. The molecule has 0 radical (unpaired) electrons. The SMILES string of the molecule is CC1(C)CC(=O)C(C(C2=C(O)CC(C)(C)CC2=O)c2ccc(OC(=O)c3ccccc3)cc2)C(=O)C1. The zero-order chi connectivity index (χ0) is 26.3. The van der Waals surface area contributed by atoms with E-state index in [0.29, 0.717) is 16.9 Å². The molecule has 1 N–H and O–H groups in total. The number of rotatable bonds is 5. The van der Waals surface area contributed by atoms with Gasteiger partial charge in [-0.25, -0.2) is 4.79 Å². The summed E-state index contributed by atoms with van der Waals surface area (Å²) in [6.07, 6.45) is 0.953. The van der Waals surface area contributed by atoms with Gasteiger partial charge in [0.15, 0.2) is 5.78 Å². The molecule has 1 saturated carbocycles. The molecular weight excluding hydrogens is 456 g/mol. The molecule has 36 heavy (non-hydrogen) atoms. The van der Waals surface area contributed by atoms with Gasteiger partial charge in [0, 0.05) is 37.2 Å². The highest BCUT2D eigenvalue weighted by Gasteiger charge is 2.48. The Morgan fingerprint density at radius 2 is 1.39 bits per heavy atom. The van der Waals surface area contributed by atoms with E-state index >= 15 is 0 Å². The largest absolute Gasteiger partial charge is 0.512 e. The number of Topliss-reactive ketones (excluding diaryl/α,β-unsaturated/α-hetero) is 3. The van der Waals surface area contributed by atoms with E-state index in [2.05, 4.69) is 0 Å². The highest BCUT2D eigenvalue weighted by atomic mass is 16.5. The van der Waals surface area contributed by atoms with Crippen molar-refractivity contribution < 1.29 is 29.0 Å². The number of aliphatic hydroxyl groups excluding tert-OH is 1. The molecule has 0 amide bonds. The molecule has 0 aromatic heterocycles. The van der Waals surface area contributed by atoms with Crippen LogP contribution in [-0.2, 0) is 14.4 Å². The molecule has 2 aliphatic rings. The summed E-state index contributed by atoms with van der Waals surface area (Å²) < 4.78 is 5.46. The molecule has 0 bridgehead atoms. The molecule has 2 aromatic carbocycles. The predicted molar refractivity (Wildman–Crippen MR) is 135 cm³/mol. The van der Waals surface area contributed by atoms with Crippen molar-refractivity contribution in [3.8, 4) is 5.75 Å². The second-order valence-electron chi connectivity index (χ2n) is 11.5. The highest BCUT2D eigenvalue weighted by Crippen LogP contribution is 2.47. The Bertz CT molecular complexity index is 1210. The number of ketones is 3. The molecule has 0 spiro atoms. The van der Waals surface area contributed by atoms with Crippen molar-refractivity contribution in [1.29, 1.82) is 0 Å². The molecule has 188 valence electrons. The minimum atomic E-state index is -1.04. The molecule has 0 aliphatic heterocycles. The van der Waals surface area contributed by atoms with Crippen LogP contribution >= 0.6 is 0 Å². The van der Waals surface area contributed by atoms with Crippen LogP contribution < -0.4 is 4.74 Å². The normalized spacial score (nSPS) is 20.8. The van der Waals surface area contributed by atoms with Crippen LogP contribution in [-0.4, -0.2) is 28.4 Å². The Hall–Kier alpha value is -3.54. The summed E-state index contributed by atoms with van der Waals surface area (Å²) >= 11 is 0. The lowest BCUT2D eigenvalue weighted by atomic mass is 9.62. The first-order chi connectivity index (χ1) is 16.9. The van der Waals surface area contributed by atoms with Gasteiger partial charge in [0.1, 0.15) is 23.1 Å². The molecule has 1 fully saturated rings. The van der Waals surface area contributed by atoms with Gasteiger partial charge >= 0.3 is 5.97 Å². The van der Waals surface area contributed by atoms with Gasteiger partial charge in [-0.1, -0.05) is 58.0 Å².